The standard InChI is InChI=1S/C19H20ClNO3/c1-13-17(20)8-3-9-18(13)21-19(22)14-5-2-6-15(11-14)24-12-16-7-4-10-23-16/h2-3,5-6,8-9,11,16H,4,7,10,12H2,1H3,(H,21,22). The predicted molar refractivity (Wildman–Crippen MR) is 95.1 cm³/mol. The van der Waals surface area contributed by atoms with E-state index < -0.39 is 0 Å². The number of rotatable bonds is 5. The number of benzene rings is 2. The molecule has 1 aliphatic heterocycles. The van der Waals surface area contributed by atoms with E-state index in [4.69, 9.17) is 21.1 Å². The Labute approximate surface area is 146 Å². The van der Waals surface area contributed by atoms with Crippen LogP contribution in [0, 0.1) is 6.92 Å². The van der Waals surface area contributed by atoms with E-state index in [-0.39, 0.29) is 12.0 Å². The summed E-state index contributed by atoms with van der Waals surface area (Å²) in [7, 11) is 0. The molecule has 24 heavy (non-hydrogen) atoms. The number of nitrogens with one attached hydrogen (secondary N) is 1. The van der Waals surface area contributed by atoms with Gasteiger partial charge in [-0.15, -0.1) is 0 Å². The van der Waals surface area contributed by atoms with Crippen molar-refractivity contribution in [1.82, 2.24) is 0 Å². The Morgan fingerprint density at radius 1 is 1.33 bits per heavy atom. The van der Waals surface area contributed by atoms with Gasteiger partial charge in [0.1, 0.15) is 12.4 Å². The van der Waals surface area contributed by atoms with Gasteiger partial charge in [-0.3, -0.25) is 4.79 Å². The van der Waals surface area contributed by atoms with Gasteiger partial charge in [-0.25, -0.2) is 0 Å². The van der Waals surface area contributed by atoms with Gasteiger partial charge in [0.05, 0.1) is 6.10 Å². The fourth-order valence-electron chi connectivity index (χ4n) is 2.63. The summed E-state index contributed by atoms with van der Waals surface area (Å²) >= 11 is 6.09. The molecule has 0 saturated carbocycles. The summed E-state index contributed by atoms with van der Waals surface area (Å²) in [5.74, 6) is 0.476. The fourth-order valence-corrected chi connectivity index (χ4v) is 2.80. The first kappa shape index (κ1) is 16.8. The molecule has 2 aromatic carbocycles. The zero-order chi connectivity index (χ0) is 16.9. The highest BCUT2D eigenvalue weighted by atomic mass is 35.5. The van der Waals surface area contributed by atoms with E-state index in [1.165, 1.54) is 0 Å². The van der Waals surface area contributed by atoms with Gasteiger partial charge in [0.25, 0.3) is 5.91 Å². The van der Waals surface area contributed by atoms with E-state index in [0.717, 1.165) is 25.0 Å². The lowest BCUT2D eigenvalue weighted by Crippen LogP contribution is -2.17. The van der Waals surface area contributed by atoms with Crippen molar-refractivity contribution >= 4 is 23.2 Å². The first-order chi connectivity index (χ1) is 11.6. The van der Waals surface area contributed by atoms with Crippen molar-refractivity contribution in [3.63, 3.8) is 0 Å². The van der Waals surface area contributed by atoms with Crippen LogP contribution < -0.4 is 10.1 Å². The SMILES string of the molecule is Cc1c(Cl)cccc1NC(=O)c1cccc(OCC2CCCO2)c1. The Kier molecular flexibility index (Phi) is 5.38. The number of anilines is 1. The Bertz CT molecular complexity index is 726. The van der Waals surface area contributed by atoms with E-state index in [9.17, 15) is 4.79 Å². The van der Waals surface area contributed by atoms with Gasteiger partial charge < -0.3 is 14.8 Å². The van der Waals surface area contributed by atoms with Crippen LogP contribution in [0.25, 0.3) is 0 Å². The second-order valence-electron chi connectivity index (χ2n) is 5.84. The molecule has 0 bridgehead atoms. The third-order valence-electron chi connectivity index (χ3n) is 4.07. The number of halogens is 1. The normalized spacial score (nSPS) is 16.8. The third-order valence-corrected chi connectivity index (χ3v) is 4.48. The molecule has 1 unspecified atom stereocenters. The van der Waals surface area contributed by atoms with Gasteiger partial charge in [-0.2, -0.15) is 0 Å². The molecular weight excluding hydrogens is 326 g/mol. The lowest BCUT2D eigenvalue weighted by molar-refractivity contribution is 0.0679. The summed E-state index contributed by atoms with van der Waals surface area (Å²) in [6, 6.07) is 12.6. The van der Waals surface area contributed by atoms with Crippen molar-refractivity contribution in [3.05, 3.63) is 58.6 Å². The smallest absolute Gasteiger partial charge is 0.255 e. The topological polar surface area (TPSA) is 47.6 Å². The maximum absolute atomic E-state index is 12.5. The van der Waals surface area contributed by atoms with Gasteiger partial charge in [0.2, 0.25) is 0 Å². The Balaban J connectivity index is 1.66. The first-order valence-electron chi connectivity index (χ1n) is 8.04. The summed E-state index contributed by atoms with van der Waals surface area (Å²) in [4.78, 5) is 12.5. The third kappa shape index (κ3) is 4.08. The number of carbonyl (C=O) groups excluding carboxylic acids is 1. The minimum atomic E-state index is -0.192. The Morgan fingerprint density at radius 3 is 2.96 bits per heavy atom. The lowest BCUT2D eigenvalue weighted by Gasteiger charge is -2.13. The monoisotopic (exact) mass is 345 g/mol. The Hall–Kier alpha value is -2.04. The second kappa shape index (κ2) is 7.69. The van der Waals surface area contributed by atoms with Gasteiger partial charge >= 0.3 is 0 Å². The zero-order valence-corrected chi connectivity index (χ0v) is 14.3. The number of hydrogen-bond donors (Lipinski definition) is 1. The van der Waals surface area contributed by atoms with Gasteiger partial charge in [-0.1, -0.05) is 23.7 Å². The van der Waals surface area contributed by atoms with Crippen LogP contribution in [0.15, 0.2) is 42.5 Å². The summed E-state index contributed by atoms with van der Waals surface area (Å²) < 4.78 is 11.3. The molecule has 1 aliphatic rings. The molecule has 3 rings (SSSR count). The van der Waals surface area contributed by atoms with Crippen molar-refractivity contribution in [2.45, 2.75) is 25.9 Å². The van der Waals surface area contributed by atoms with Crippen LogP contribution in [0.3, 0.4) is 0 Å². The van der Waals surface area contributed by atoms with Gasteiger partial charge in [0.15, 0.2) is 0 Å². The molecule has 1 N–H and O–H groups in total. The van der Waals surface area contributed by atoms with Crippen LogP contribution in [0.1, 0.15) is 28.8 Å². The molecule has 0 aliphatic carbocycles. The van der Waals surface area contributed by atoms with Crippen molar-refractivity contribution in [3.8, 4) is 5.75 Å². The molecule has 1 amide bonds. The average Bonchev–Trinajstić information content (AvgIpc) is 3.11. The van der Waals surface area contributed by atoms with Crippen LogP contribution in [-0.4, -0.2) is 25.2 Å². The second-order valence-corrected chi connectivity index (χ2v) is 6.25. The van der Waals surface area contributed by atoms with Crippen molar-refractivity contribution in [2.24, 2.45) is 0 Å². The number of amides is 1. The highest BCUT2D eigenvalue weighted by Crippen LogP contribution is 2.24. The number of carbonyl (C=O) groups is 1. The fraction of sp³-hybridized carbons (Fsp3) is 0.316. The summed E-state index contributed by atoms with van der Waals surface area (Å²) in [6.07, 6.45) is 2.25. The molecule has 1 saturated heterocycles. The molecule has 0 radical (unpaired) electrons. The molecule has 126 valence electrons. The minimum absolute atomic E-state index is 0.150. The molecule has 5 heteroatoms. The molecule has 2 aromatic rings. The lowest BCUT2D eigenvalue weighted by atomic mass is 10.1. The molecule has 1 heterocycles. The van der Waals surface area contributed by atoms with Crippen LogP contribution in [-0.2, 0) is 4.74 Å². The molecule has 1 atom stereocenters. The molecule has 4 nitrogen and oxygen atoms in total. The largest absolute Gasteiger partial charge is 0.491 e. The summed E-state index contributed by atoms with van der Waals surface area (Å²) in [5, 5.41) is 3.51. The van der Waals surface area contributed by atoms with Crippen molar-refractivity contribution in [2.75, 3.05) is 18.5 Å². The van der Waals surface area contributed by atoms with Gasteiger partial charge in [-0.05, 0) is 55.7 Å². The van der Waals surface area contributed by atoms with E-state index in [1.807, 2.05) is 31.2 Å². The van der Waals surface area contributed by atoms with Crippen LogP contribution >= 0.6 is 11.6 Å². The minimum Gasteiger partial charge on any atom is -0.491 e. The first-order valence-corrected chi connectivity index (χ1v) is 8.42. The summed E-state index contributed by atoms with van der Waals surface area (Å²) in [6.45, 7) is 3.19. The summed E-state index contributed by atoms with van der Waals surface area (Å²) in [5.41, 5.74) is 2.09. The van der Waals surface area contributed by atoms with Crippen LogP contribution in [0.4, 0.5) is 5.69 Å². The van der Waals surface area contributed by atoms with Crippen LogP contribution in [0.5, 0.6) is 5.75 Å². The molecule has 0 aromatic heterocycles. The number of hydrogen-bond acceptors (Lipinski definition) is 3. The van der Waals surface area contributed by atoms with E-state index in [2.05, 4.69) is 5.32 Å². The molecular formula is C19H20ClNO3. The quantitative estimate of drug-likeness (QED) is 0.870. The van der Waals surface area contributed by atoms with Crippen molar-refractivity contribution < 1.29 is 14.3 Å². The number of ether oxygens (including phenoxy) is 2. The molecule has 1 fully saturated rings. The highest BCUT2D eigenvalue weighted by Gasteiger charge is 2.16. The van der Waals surface area contributed by atoms with Crippen molar-refractivity contribution in [1.29, 1.82) is 0 Å². The maximum Gasteiger partial charge on any atom is 0.255 e. The van der Waals surface area contributed by atoms with E-state index in [0.29, 0.717) is 28.6 Å². The molecule has 0 spiro atoms. The van der Waals surface area contributed by atoms with E-state index in [1.54, 1.807) is 18.2 Å². The van der Waals surface area contributed by atoms with Gasteiger partial charge in [0, 0.05) is 22.9 Å². The highest BCUT2D eigenvalue weighted by molar-refractivity contribution is 6.31. The maximum atomic E-state index is 12.5. The Morgan fingerprint density at radius 2 is 2.17 bits per heavy atom. The average molecular weight is 346 g/mol. The van der Waals surface area contributed by atoms with E-state index >= 15 is 0 Å². The zero-order valence-electron chi connectivity index (χ0n) is 13.5. The van der Waals surface area contributed by atoms with Crippen LogP contribution in [0.2, 0.25) is 5.02 Å². The predicted octanol–water partition coefficient (Wildman–Crippen LogP) is 4.46.